The number of benzene rings is 8. The molecule has 228 valence electrons. The molecule has 0 aliphatic rings. The van der Waals surface area contributed by atoms with Crippen LogP contribution in [0.2, 0.25) is 0 Å². The molecular weight excluding hydrogens is 595 g/mol. The zero-order valence-corrected chi connectivity index (χ0v) is 26.6. The molecule has 0 radical (unpaired) electrons. The molecule has 0 saturated carbocycles. The Bertz CT molecular complexity index is 2820. The topological polar surface area (TPSA) is 30.7 Å². The van der Waals surface area contributed by atoms with Crippen LogP contribution in [0.15, 0.2) is 176 Å². The molecule has 8 aromatic carbocycles. The second-order valence-electron chi connectivity index (χ2n) is 12.6. The Kier molecular flexibility index (Phi) is 6.18. The summed E-state index contributed by atoms with van der Waals surface area (Å²) >= 11 is 0. The van der Waals surface area contributed by atoms with Crippen LogP contribution in [0.25, 0.3) is 93.7 Å². The largest absolute Gasteiger partial charge is 0.309 e. The van der Waals surface area contributed by atoms with Gasteiger partial charge in [0.2, 0.25) is 0 Å². The van der Waals surface area contributed by atoms with Crippen molar-refractivity contribution < 1.29 is 0 Å². The second kappa shape index (κ2) is 11.0. The lowest BCUT2D eigenvalue weighted by Gasteiger charge is -2.15. The van der Waals surface area contributed by atoms with Gasteiger partial charge in [-0.3, -0.25) is 0 Å². The third-order valence-electron chi connectivity index (χ3n) is 9.83. The van der Waals surface area contributed by atoms with Crippen LogP contribution in [0.1, 0.15) is 0 Å². The average molecular weight is 624 g/mol. The van der Waals surface area contributed by atoms with Gasteiger partial charge in [-0.1, -0.05) is 152 Å². The quantitative estimate of drug-likeness (QED) is 0.195. The Hall–Kier alpha value is -6.58. The molecule has 0 saturated heterocycles. The summed E-state index contributed by atoms with van der Waals surface area (Å²) in [5.41, 5.74) is 9.96. The van der Waals surface area contributed by atoms with Crippen LogP contribution >= 0.6 is 0 Å². The van der Waals surface area contributed by atoms with Gasteiger partial charge in [0.05, 0.1) is 27.9 Å². The van der Waals surface area contributed by atoms with Crippen molar-refractivity contribution in [3.8, 4) is 39.5 Å². The molecule has 0 atom stereocenters. The van der Waals surface area contributed by atoms with Gasteiger partial charge in [-0.25, -0.2) is 9.97 Å². The van der Waals surface area contributed by atoms with Crippen LogP contribution in [0.5, 0.6) is 0 Å². The Morgan fingerprint density at radius 2 is 0.918 bits per heavy atom. The highest BCUT2D eigenvalue weighted by molar-refractivity contribution is 6.11. The van der Waals surface area contributed by atoms with Gasteiger partial charge in [0.25, 0.3) is 0 Å². The lowest BCUT2D eigenvalue weighted by Crippen LogP contribution is -1.97. The summed E-state index contributed by atoms with van der Waals surface area (Å²) in [5, 5.41) is 8.35. The first kappa shape index (κ1) is 27.5. The van der Waals surface area contributed by atoms with Crippen LogP contribution in [-0.2, 0) is 0 Å². The fraction of sp³-hybridized carbons (Fsp3) is 0. The zero-order valence-electron chi connectivity index (χ0n) is 26.6. The maximum absolute atomic E-state index is 5.22. The highest BCUT2D eigenvalue weighted by atomic mass is 15.0. The van der Waals surface area contributed by atoms with E-state index in [1.54, 1.807) is 0 Å². The Morgan fingerprint density at radius 1 is 0.347 bits per heavy atom. The monoisotopic (exact) mass is 623 g/mol. The zero-order chi connectivity index (χ0) is 32.3. The summed E-state index contributed by atoms with van der Waals surface area (Å²) in [7, 11) is 0. The maximum Gasteiger partial charge on any atom is 0.161 e. The lowest BCUT2D eigenvalue weighted by molar-refractivity contribution is 1.20. The van der Waals surface area contributed by atoms with E-state index in [1.165, 1.54) is 54.8 Å². The minimum atomic E-state index is 0.737. The molecule has 0 bridgehead atoms. The number of rotatable bonds is 4. The molecule has 0 aliphatic carbocycles. The van der Waals surface area contributed by atoms with E-state index in [2.05, 4.69) is 174 Å². The Labute approximate surface area is 283 Å². The number of fused-ring (bicyclic) bond motifs is 6. The third kappa shape index (κ3) is 4.37. The number of nitrogens with zero attached hydrogens (tertiary/aromatic N) is 3. The highest BCUT2D eigenvalue weighted by Gasteiger charge is 2.17. The molecule has 0 amide bonds. The van der Waals surface area contributed by atoms with Gasteiger partial charge in [-0.2, -0.15) is 0 Å². The minimum absolute atomic E-state index is 0.737. The molecule has 10 rings (SSSR count). The predicted octanol–water partition coefficient (Wildman–Crippen LogP) is 12.0. The van der Waals surface area contributed by atoms with Crippen molar-refractivity contribution >= 4 is 54.3 Å². The van der Waals surface area contributed by atoms with Crippen molar-refractivity contribution in [2.75, 3.05) is 0 Å². The van der Waals surface area contributed by atoms with Crippen LogP contribution in [0, 0.1) is 0 Å². The fourth-order valence-corrected chi connectivity index (χ4v) is 7.56. The SMILES string of the molecule is c1ccc2c(-c3nc(-c4ccc(-c5ccc(-n6c7ccccc7c7ccccc76)c6ccccc56)cc4)c4ccccc4n3)cccc2c1. The normalized spacial score (nSPS) is 11.7. The predicted molar refractivity (Wildman–Crippen MR) is 205 cm³/mol. The summed E-state index contributed by atoms with van der Waals surface area (Å²) in [6.45, 7) is 0. The molecule has 3 nitrogen and oxygen atoms in total. The van der Waals surface area contributed by atoms with E-state index >= 15 is 0 Å². The van der Waals surface area contributed by atoms with E-state index in [-0.39, 0.29) is 0 Å². The van der Waals surface area contributed by atoms with Gasteiger partial charge in [0.1, 0.15) is 0 Å². The van der Waals surface area contributed by atoms with Gasteiger partial charge in [-0.05, 0) is 51.6 Å². The average Bonchev–Trinajstić information content (AvgIpc) is 3.51. The Morgan fingerprint density at radius 3 is 1.67 bits per heavy atom. The summed E-state index contributed by atoms with van der Waals surface area (Å²) in [6.07, 6.45) is 0. The van der Waals surface area contributed by atoms with Crippen molar-refractivity contribution in [2.45, 2.75) is 0 Å². The van der Waals surface area contributed by atoms with Crippen molar-refractivity contribution in [1.29, 1.82) is 0 Å². The van der Waals surface area contributed by atoms with Gasteiger partial charge < -0.3 is 4.57 Å². The number of hydrogen-bond acceptors (Lipinski definition) is 2. The Balaban J connectivity index is 1.11. The molecule has 2 aromatic heterocycles. The smallest absolute Gasteiger partial charge is 0.161 e. The first-order valence-electron chi connectivity index (χ1n) is 16.7. The van der Waals surface area contributed by atoms with Crippen molar-refractivity contribution in [3.63, 3.8) is 0 Å². The molecule has 49 heavy (non-hydrogen) atoms. The van der Waals surface area contributed by atoms with Crippen LogP contribution < -0.4 is 0 Å². The standard InChI is InChI=1S/C46H29N3/c1-2-14-33-30(12-1)13-11-20-39(33)46-47-41-21-8-5-19-40(41)45(48-46)32-26-24-31(25-27-32)34-28-29-44(36-16-4-3-15-35(34)36)49-42-22-9-6-17-37(42)38-18-7-10-23-43(38)49/h1-29H. The molecule has 0 unspecified atom stereocenters. The highest BCUT2D eigenvalue weighted by Crippen LogP contribution is 2.39. The summed E-state index contributed by atoms with van der Waals surface area (Å²) in [5.74, 6) is 0.737. The maximum atomic E-state index is 5.22. The number of para-hydroxylation sites is 3. The first-order valence-corrected chi connectivity index (χ1v) is 16.7. The third-order valence-corrected chi connectivity index (χ3v) is 9.83. The molecule has 0 aliphatic heterocycles. The van der Waals surface area contributed by atoms with E-state index in [4.69, 9.17) is 9.97 Å². The summed E-state index contributed by atoms with van der Waals surface area (Å²) in [4.78, 5) is 10.3. The van der Waals surface area contributed by atoms with E-state index < -0.39 is 0 Å². The fourth-order valence-electron chi connectivity index (χ4n) is 7.56. The van der Waals surface area contributed by atoms with E-state index in [1.807, 2.05) is 6.07 Å². The van der Waals surface area contributed by atoms with Crippen LogP contribution in [0.3, 0.4) is 0 Å². The van der Waals surface area contributed by atoms with Crippen molar-refractivity contribution in [2.24, 2.45) is 0 Å². The van der Waals surface area contributed by atoms with Gasteiger partial charge in [-0.15, -0.1) is 0 Å². The van der Waals surface area contributed by atoms with E-state index in [0.717, 1.165) is 38.9 Å². The van der Waals surface area contributed by atoms with E-state index in [0.29, 0.717) is 0 Å². The molecule has 10 aromatic rings. The summed E-state index contributed by atoms with van der Waals surface area (Å²) in [6, 6.07) is 62.6. The molecular formula is C46H29N3. The molecule has 0 N–H and O–H groups in total. The lowest BCUT2D eigenvalue weighted by atomic mass is 9.95. The van der Waals surface area contributed by atoms with Crippen LogP contribution in [0.4, 0.5) is 0 Å². The molecule has 0 spiro atoms. The number of aromatic nitrogens is 3. The molecule has 3 heteroatoms. The molecule has 0 fully saturated rings. The van der Waals surface area contributed by atoms with Gasteiger partial charge >= 0.3 is 0 Å². The van der Waals surface area contributed by atoms with Crippen molar-refractivity contribution in [1.82, 2.24) is 14.5 Å². The number of hydrogen-bond donors (Lipinski definition) is 0. The summed E-state index contributed by atoms with van der Waals surface area (Å²) < 4.78 is 2.41. The van der Waals surface area contributed by atoms with Crippen molar-refractivity contribution in [3.05, 3.63) is 176 Å². The molecule has 2 heterocycles. The van der Waals surface area contributed by atoms with E-state index in [9.17, 15) is 0 Å². The van der Waals surface area contributed by atoms with Crippen LogP contribution in [-0.4, -0.2) is 14.5 Å². The second-order valence-corrected chi connectivity index (χ2v) is 12.6. The minimum Gasteiger partial charge on any atom is -0.309 e. The van der Waals surface area contributed by atoms with Gasteiger partial charge in [0, 0.05) is 32.7 Å². The van der Waals surface area contributed by atoms with Gasteiger partial charge in [0.15, 0.2) is 5.82 Å². The first-order chi connectivity index (χ1) is 24.3.